The van der Waals surface area contributed by atoms with Gasteiger partial charge in [-0.15, -0.1) is 11.3 Å². The van der Waals surface area contributed by atoms with Gasteiger partial charge in [0.25, 0.3) is 5.91 Å². The predicted molar refractivity (Wildman–Crippen MR) is 122 cm³/mol. The van der Waals surface area contributed by atoms with E-state index in [0.29, 0.717) is 24.9 Å². The molecule has 0 atom stereocenters. The lowest BCUT2D eigenvalue weighted by molar-refractivity contribution is -0.145. The van der Waals surface area contributed by atoms with Crippen LogP contribution in [0.5, 0.6) is 0 Å². The topological polar surface area (TPSA) is 71.3 Å². The summed E-state index contributed by atoms with van der Waals surface area (Å²) < 4.78 is 3.18. The van der Waals surface area contributed by atoms with Crippen molar-refractivity contribution < 1.29 is 14.7 Å². The highest BCUT2D eigenvalue weighted by Gasteiger charge is 2.35. The average molecular weight is 431 g/mol. The number of hydrogen-bond donors (Lipinski definition) is 2. The van der Waals surface area contributed by atoms with Gasteiger partial charge in [-0.2, -0.15) is 0 Å². The third kappa shape index (κ3) is 3.86. The molecule has 156 valence electrons. The van der Waals surface area contributed by atoms with Crippen LogP contribution < -0.4 is 5.32 Å². The maximum Gasteiger partial charge on any atom is 0.306 e. The molecule has 1 aliphatic carbocycles. The molecule has 5 rings (SSSR count). The van der Waals surface area contributed by atoms with Crippen molar-refractivity contribution in [3.8, 4) is 11.1 Å². The van der Waals surface area contributed by atoms with Crippen molar-refractivity contribution in [2.45, 2.75) is 25.4 Å². The van der Waals surface area contributed by atoms with E-state index in [-0.39, 0.29) is 17.9 Å². The van der Waals surface area contributed by atoms with Crippen LogP contribution in [0.1, 0.15) is 28.8 Å². The molecule has 2 aromatic heterocycles. The van der Waals surface area contributed by atoms with Crippen LogP contribution in [-0.4, -0.2) is 27.6 Å². The van der Waals surface area contributed by atoms with E-state index < -0.39 is 5.97 Å². The smallest absolute Gasteiger partial charge is 0.306 e. The number of rotatable bonds is 6. The van der Waals surface area contributed by atoms with Gasteiger partial charge in [-0.3, -0.25) is 9.59 Å². The van der Waals surface area contributed by atoms with Crippen molar-refractivity contribution in [2.24, 2.45) is 5.92 Å². The number of amides is 1. The number of aromatic nitrogens is 1. The summed E-state index contributed by atoms with van der Waals surface area (Å²) in [6.07, 6.45) is 3.03. The Bertz CT molecular complexity index is 1240. The first-order valence-corrected chi connectivity index (χ1v) is 11.2. The van der Waals surface area contributed by atoms with Gasteiger partial charge in [0.05, 0.1) is 21.7 Å². The highest BCUT2D eigenvalue weighted by molar-refractivity contribution is 7.17. The molecule has 1 amide bonds. The van der Waals surface area contributed by atoms with Crippen LogP contribution in [0.2, 0.25) is 0 Å². The highest BCUT2D eigenvalue weighted by atomic mass is 32.1. The Balaban J connectivity index is 1.33. The quantitative estimate of drug-likeness (QED) is 0.452. The molecular weight excluding hydrogens is 408 g/mol. The molecule has 0 unspecified atom stereocenters. The Kier molecular flexibility index (Phi) is 5.08. The summed E-state index contributed by atoms with van der Waals surface area (Å²) in [5, 5.41) is 13.9. The Morgan fingerprint density at radius 2 is 1.71 bits per heavy atom. The van der Waals surface area contributed by atoms with Gasteiger partial charge in [-0.1, -0.05) is 54.6 Å². The molecule has 2 aromatic carbocycles. The fourth-order valence-electron chi connectivity index (χ4n) is 4.14. The third-order valence-electron chi connectivity index (χ3n) is 5.97. The van der Waals surface area contributed by atoms with E-state index in [4.69, 9.17) is 5.11 Å². The molecule has 6 heteroatoms. The molecule has 0 aliphatic heterocycles. The highest BCUT2D eigenvalue weighted by Crippen LogP contribution is 2.31. The lowest BCUT2D eigenvalue weighted by Gasteiger charge is -2.32. The number of hydrogen-bond acceptors (Lipinski definition) is 3. The minimum Gasteiger partial charge on any atom is -0.481 e. The Morgan fingerprint density at radius 3 is 2.42 bits per heavy atom. The summed E-state index contributed by atoms with van der Waals surface area (Å²) in [5.74, 6) is -1.24. The first-order chi connectivity index (χ1) is 15.1. The van der Waals surface area contributed by atoms with Gasteiger partial charge in [0.15, 0.2) is 0 Å². The zero-order valence-electron chi connectivity index (χ0n) is 16.8. The number of carbonyl (C=O) groups excluding carboxylic acids is 1. The summed E-state index contributed by atoms with van der Waals surface area (Å²) in [6.45, 7) is 0.681. The Hall–Kier alpha value is -3.38. The Labute approximate surface area is 184 Å². The number of fused-ring (bicyclic) bond motifs is 1. The summed E-state index contributed by atoms with van der Waals surface area (Å²) >= 11 is 1.56. The van der Waals surface area contributed by atoms with Crippen LogP contribution in [0.25, 0.3) is 21.3 Å². The number of carbonyl (C=O) groups is 2. The van der Waals surface area contributed by atoms with E-state index in [0.717, 1.165) is 15.8 Å². The predicted octanol–water partition coefficient (Wildman–Crippen LogP) is 5.01. The zero-order valence-corrected chi connectivity index (χ0v) is 17.6. The van der Waals surface area contributed by atoms with Gasteiger partial charge in [0, 0.05) is 24.2 Å². The number of benzene rings is 2. The summed E-state index contributed by atoms with van der Waals surface area (Å²) in [4.78, 5) is 23.8. The van der Waals surface area contributed by atoms with Crippen molar-refractivity contribution in [3.63, 3.8) is 0 Å². The minimum atomic E-state index is -0.782. The van der Waals surface area contributed by atoms with Crippen molar-refractivity contribution in [2.75, 3.05) is 0 Å². The molecule has 5 nitrogen and oxygen atoms in total. The maximum atomic E-state index is 12.8. The van der Waals surface area contributed by atoms with Crippen molar-refractivity contribution >= 4 is 33.4 Å². The number of carboxylic acid groups (broad SMARTS) is 1. The van der Waals surface area contributed by atoms with Gasteiger partial charge >= 0.3 is 5.97 Å². The second-order valence-corrected chi connectivity index (χ2v) is 8.96. The number of nitrogens with one attached hydrogen (secondary N) is 1. The molecule has 2 N–H and O–H groups in total. The SMILES string of the molecule is O=C(N[C@H]1C[C@H](C(=O)O)C1)c1csc2ccn(Cc3ccc(-c4ccccc4)cc3)c12. The zero-order chi connectivity index (χ0) is 21.4. The average Bonchev–Trinajstić information content (AvgIpc) is 3.34. The van der Waals surface area contributed by atoms with Crippen LogP contribution in [0.3, 0.4) is 0 Å². The second-order valence-electron chi connectivity index (χ2n) is 8.05. The van der Waals surface area contributed by atoms with E-state index in [9.17, 15) is 9.59 Å². The summed E-state index contributed by atoms with van der Waals surface area (Å²) in [7, 11) is 0. The fourth-order valence-corrected chi connectivity index (χ4v) is 5.08. The maximum absolute atomic E-state index is 12.8. The first-order valence-electron chi connectivity index (χ1n) is 10.3. The van der Waals surface area contributed by atoms with Gasteiger partial charge in [0.1, 0.15) is 0 Å². The van der Waals surface area contributed by atoms with Crippen molar-refractivity contribution in [1.82, 2.24) is 9.88 Å². The monoisotopic (exact) mass is 430 g/mol. The molecule has 1 fully saturated rings. The van der Waals surface area contributed by atoms with Crippen LogP contribution in [0.15, 0.2) is 72.2 Å². The van der Waals surface area contributed by atoms with E-state index in [1.165, 1.54) is 11.1 Å². The molecule has 0 bridgehead atoms. The van der Waals surface area contributed by atoms with E-state index >= 15 is 0 Å². The second kappa shape index (κ2) is 8.04. The fraction of sp³-hybridized carbons (Fsp3) is 0.200. The lowest BCUT2D eigenvalue weighted by Crippen LogP contribution is -2.46. The van der Waals surface area contributed by atoms with Gasteiger partial charge < -0.3 is 15.0 Å². The van der Waals surface area contributed by atoms with Crippen molar-refractivity contribution in [3.05, 3.63) is 83.4 Å². The summed E-state index contributed by atoms with van der Waals surface area (Å²) in [5.41, 5.74) is 5.12. The van der Waals surface area contributed by atoms with Crippen LogP contribution >= 0.6 is 11.3 Å². The molecule has 1 aliphatic rings. The molecular formula is C25H22N2O3S. The van der Waals surface area contributed by atoms with E-state index in [2.05, 4.69) is 46.3 Å². The first kappa shape index (κ1) is 19.6. The summed E-state index contributed by atoms with van der Waals surface area (Å²) in [6, 6.07) is 20.8. The molecule has 31 heavy (non-hydrogen) atoms. The lowest BCUT2D eigenvalue weighted by atomic mass is 9.80. The van der Waals surface area contributed by atoms with Crippen molar-refractivity contribution in [1.29, 1.82) is 0 Å². The minimum absolute atomic E-state index is 0.0579. The molecule has 1 saturated carbocycles. The largest absolute Gasteiger partial charge is 0.481 e. The molecule has 0 saturated heterocycles. The number of aliphatic carboxylic acids is 1. The normalized spacial score (nSPS) is 17.9. The standard InChI is InChI=1S/C25H22N2O3S/c28-24(26-20-12-19(13-20)25(29)30)21-15-31-22-10-11-27(23(21)22)14-16-6-8-18(9-7-16)17-4-2-1-3-5-17/h1-11,15,19-20H,12-14H2,(H,26,28)(H,29,30)/t19-,20-. The van der Waals surface area contributed by atoms with Crippen LogP contribution in [0.4, 0.5) is 0 Å². The van der Waals surface area contributed by atoms with Gasteiger partial charge in [-0.05, 0) is 35.6 Å². The third-order valence-corrected chi connectivity index (χ3v) is 6.90. The number of carboxylic acids is 1. The van der Waals surface area contributed by atoms with Gasteiger partial charge in [0.2, 0.25) is 0 Å². The molecule has 2 heterocycles. The van der Waals surface area contributed by atoms with Crippen LogP contribution in [0, 0.1) is 5.92 Å². The van der Waals surface area contributed by atoms with E-state index in [1.54, 1.807) is 11.3 Å². The molecule has 4 aromatic rings. The van der Waals surface area contributed by atoms with Gasteiger partial charge in [-0.25, -0.2) is 0 Å². The Morgan fingerprint density at radius 1 is 1.00 bits per heavy atom. The van der Waals surface area contributed by atoms with E-state index in [1.807, 2.05) is 35.8 Å². The number of nitrogens with zero attached hydrogens (tertiary/aromatic N) is 1. The molecule has 0 spiro atoms. The van der Waals surface area contributed by atoms with Crippen LogP contribution in [-0.2, 0) is 11.3 Å². The molecule has 0 radical (unpaired) electrons. The number of thiophene rings is 1.